The van der Waals surface area contributed by atoms with Crippen LogP contribution < -0.4 is 5.32 Å². The van der Waals surface area contributed by atoms with E-state index in [2.05, 4.69) is 5.32 Å². The van der Waals surface area contributed by atoms with Crippen LogP contribution in [0.15, 0.2) is 24.3 Å². The SMILES string of the molecule is CC1(C)NC(=O)N(Cc2ccc(C(F)(F)F)cc2)C1=O. The van der Waals surface area contributed by atoms with Gasteiger partial charge in [0.2, 0.25) is 0 Å². The highest BCUT2D eigenvalue weighted by Gasteiger charge is 2.44. The zero-order chi connectivity index (χ0) is 15.1. The van der Waals surface area contributed by atoms with E-state index in [1.54, 1.807) is 13.8 Å². The van der Waals surface area contributed by atoms with Crippen LogP contribution in [0.2, 0.25) is 0 Å². The number of hydrogen-bond acceptors (Lipinski definition) is 2. The molecule has 108 valence electrons. The summed E-state index contributed by atoms with van der Waals surface area (Å²) in [6.07, 6.45) is -4.40. The Hall–Kier alpha value is -2.05. The maximum absolute atomic E-state index is 12.4. The molecule has 0 aromatic heterocycles. The molecule has 0 atom stereocenters. The van der Waals surface area contributed by atoms with E-state index < -0.39 is 29.2 Å². The lowest BCUT2D eigenvalue weighted by atomic mass is 10.1. The van der Waals surface area contributed by atoms with E-state index in [9.17, 15) is 22.8 Å². The Balaban J connectivity index is 2.15. The van der Waals surface area contributed by atoms with Crippen molar-refractivity contribution < 1.29 is 22.8 Å². The molecule has 1 heterocycles. The molecule has 1 aliphatic rings. The molecule has 20 heavy (non-hydrogen) atoms. The predicted molar refractivity (Wildman–Crippen MR) is 64.6 cm³/mol. The third-order valence-corrected chi connectivity index (χ3v) is 3.07. The van der Waals surface area contributed by atoms with Crippen LogP contribution in [0.5, 0.6) is 0 Å². The molecule has 1 saturated heterocycles. The van der Waals surface area contributed by atoms with Gasteiger partial charge in [-0.05, 0) is 31.5 Å². The van der Waals surface area contributed by atoms with Crippen LogP contribution in [0.25, 0.3) is 0 Å². The van der Waals surface area contributed by atoms with Gasteiger partial charge in [-0.2, -0.15) is 13.2 Å². The third-order valence-electron chi connectivity index (χ3n) is 3.07. The molecule has 1 aromatic rings. The molecule has 3 amide bonds. The number of nitrogens with one attached hydrogen (secondary N) is 1. The summed E-state index contributed by atoms with van der Waals surface area (Å²) in [6.45, 7) is 3.09. The minimum atomic E-state index is -4.40. The summed E-state index contributed by atoms with van der Waals surface area (Å²) >= 11 is 0. The van der Waals surface area contributed by atoms with E-state index >= 15 is 0 Å². The molecule has 0 unspecified atom stereocenters. The maximum Gasteiger partial charge on any atom is 0.416 e. The van der Waals surface area contributed by atoms with Crippen LogP contribution >= 0.6 is 0 Å². The summed E-state index contributed by atoms with van der Waals surface area (Å²) in [5.41, 5.74) is -1.29. The number of alkyl halides is 3. The largest absolute Gasteiger partial charge is 0.416 e. The zero-order valence-corrected chi connectivity index (χ0v) is 10.9. The second-order valence-corrected chi connectivity index (χ2v) is 5.14. The minimum Gasteiger partial charge on any atom is -0.324 e. The molecule has 1 fully saturated rings. The summed E-state index contributed by atoms with van der Waals surface area (Å²) in [5, 5.41) is 2.51. The van der Waals surface area contributed by atoms with Crippen LogP contribution in [-0.2, 0) is 17.5 Å². The van der Waals surface area contributed by atoms with Crippen molar-refractivity contribution >= 4 is 11.9 Å². The lowest BCUT2D eigenvalue weighted by molar-refractivity contribution is -0.137. The fourth-order valence-corrected chi connectivity index (χ4v) is 1.94. The Morgan fingerprint density at radius 1 is 1.15 bits per heavy atom. The van der Waals surface area contributed by atoms with Gasteiger partial charge in [0.25, 0.3) is 5.91 Å². The summed E-state index contributed by atoms with van der Waals surface area (Å²) in [5.74, 6) is -0.401. The van der Waals surface area contributed by atoms with E-state index in [0.29, 0.717) is 5.56 Å². The predicted octanol–water partition coefficient (Wildman–Crippen LogP) is 2.54. The third kappa shape index (κ3) is 2.61. The van der Waals surface area contributed by atoms with Crippen molar-refractivity contribution in [2.45, 2.75) is 32.1 Å². The Bertz CT molecular complexity index is 550. The molecule has 1 aromatic carbocycles. The van der Waals surface area contributed by atoms with Gasteiger partial charge in [0.1, 0.15) is 5.54 Å². The molecule has 0 saturated carbocycles. The van der Waals surface area contributed by atoms with Crippen molar-refractivity contribution in [1.29, 1.82) is 0 Å². The van der Waals surface area contributed by atoms with Crippen LogP contribution in [0, 0.1) is 0 Å². The molecule has 0 aliphatic carbocycles. The van der Waals surface area contributed by atoms with Gasteiger partial charge in [-0.15, -0.1) is 0 Å². The molecule has 0 spiro atoms. The number of benzene rings is 1. The molecule has 0 radical (unpaired) electrons. The van der Waals surface area contributed by atoms with Gasteiger partial charge in [-0.3, -0.25) is 9.69 Å². The standard InChI is InChI=1S/C13H13F3N2O2/c1-12(2)10(19)18(11(20)17-12)7-8-3-5-9(6-4-8)13(14,15)16/h3-6H,7H2,1-2H3,(H,17,20). The first-order valence-electron chi connectivity index (χ1n) is 5.91. The van der Waals surface area contributed by atoms with Gasteiger partial charge >= 0.3 is 12.2 Å². The molecule has 7 heteroatoms. The van der Waals surface area contributed by atoms with Crippen LogP contribution in [0.1, 0.15) is 25.0 Å². The normalized spacial score (nSPS) is 18.4. The lowest BCUT2D eigenvalue weighted by Gasteiger charge is -2.16. The van der Waals surface area contributed by atoms with E-state index in [1.807, 2.05) is 0 Å². The number of imide groups is 1. The molecular formula is C13H13F3N2O2. The Kier molecular flexibility index (Phi) is 3.23. The molecule has 1 aliphatic heterocycles. The number of amides is 3. The second kappa shape index (κ2) is 4.50. The molecule has 2 rings (SSSR count). The van der Waals surface area contributed by atoms with Gasteiger partial charge in [0.05, 0.1) is 12.1 Å². The zero-order valence-electron chi connectivity index (χ0n) is 10.9. The molecular weight excluding hydrogens is 273 g/mol. The van der Waals surface area contributed by atoms with Gasteiger partial charge < -0.3 is 5.32 Å². The number of carbonyl (C=O) groups is 2. The van der Waals surface area contributed by atoms with Gasteiger partial charge in [-0.25, -0.2) is 4.79 Å². The number of hydrogen-bond donors (Lipinski definition) is 1. The van der Waals surface area contributed by atoms with E-state index in [4.69, 9.17) is 0 Å². The highest BCUT2D eigenvalue weighted by atomic mass is 19.4. The summed E-state index contributed by atoms with van der Waals surface area (Å²) < 4.78 is 37.3. The highest BCUT2D eigenvalue weighted by molar-refractivity contribution is 6.06. The number of halogens is 3. The maximum atomic E-state index is 12.4. The average Bonchev–Trinajstić information content (AvgIpc) is 2.51. The summed E-state index contributed by atoms with van der Waals surface area (Å²) in [4.78, 5) is 24.6. The first kappa shape index (κ1) is 14.4. The quantitative estimate of drug-likeness (QED) is 0.849. The monoisotopic (exact) mass is 286 g/mol. The lowest BCUT2D eigenvalue weighted by Crippen LogP contribution is -2.40. The Morgan fingerprint density at radius 3 is 2.10 bits per heavy atom. The fourth-order valence-electron chi connectivity index (χ4n) is 1.94. The second-order valence-electron chi connectivity index (χ2n) is 5.14. The minimum absolute atomic E-state index is 0.0494. The van der Waals surface area contributed by atoms with Crippen molar-refractivity contribution in [3.63, 3.8) is 0 Å². The van der Waals surface area contributed by atoms with Gasteiger partial charge in [0.15, 0.2) is 0 Å². The van der Waals surface area contributed by atoms with Crippen molar-refractivity contribution in [3.8, 4) is 0 Å². The Labute approximate surface area is 113 Å². The highest BCUT2D eigenvalue weighted by Crippen LogP contribution is 2.29. The molecule has 1 N–H and O–H groups in total. The van der Waals surface area contributed by atoms with Gasteiger partial charge in [0, 0.05) is 0 Å². The van der Waals surface area contributed by atoms with E-state index in [1.165, 1.54) is 12.1 Å². The number of carbonyl (C=O) groups excluding carboxylic acids is 2. The average molecular weight is 286 g/mol. The van der Waals surface area contributed by atoms with Crippen molar-refractivity contribution in [1.82, 2.24) is 10.2 Å². The van der Waals surface area contributed by atoms with Crippen LogP contribution in [0.4, 0.5) is 18.0 Å². The van der Waals surface area contributed by atoms with Crippen LogP contribution in [0.3, 0.4) is 0 Å². The fraction of sp³-hybridized carbons (Fsp3) is 0.385. The number of urea groups is 1. The molecule has 4 nitrogen and oxygen atoms in total. The summed E-state index contributed by atoms with van der Waals surface area (Å²) in [7, 11) is 0. The van der Waals surface area contributed by atoms with Crippen molar-refractivity contribution in [3.05, 3.63) is 35.4 Å². The Morgan fingerprint density at radius 2 is 1.70 bits per heavy atom. The van der Waals surface area contributed by atoms with E-state index in [-0.39, 0.29) is 6.54 Å². The van der Waals surface area contributed by atoms with Crippen molar-refractivity contribution in [2.75, 3.05) is 0 Å². The van der Waals surface area contributed by atoms with Crippen molar-refractivity contribution in [2.24, 2.45) is 0 Å². The topological polar surface area (TPSA) is 49.4 Å². The van der Waals surface area contributed by atoms with Crippen LogP contribution in [-0.4, -0.2) is 22.4 Å². The van der Waals surface area contributed by atoms with Gasteiger partial charge in [-0.1, -0.05) is 12.1 Å². The number of nitrogens with zero attached hydrogens (tertiary/aromatic N) is 1. The first-order chi connectivity index (χ1) is 9.11. The summed E-state index contributed by atoms with van der Waals surface area (Å²) in [6, 6.07) is 3.83. The van der Waals surface area contributed by atoms with E-state index in [0.717, 1.165) is 17.0 Å². The smallest absolute Gasteiger partial charge is 0.324 e. The first-order valence-corrected chi connectivity index (χ1v) is 5.91. The molecule has 0 bridgehead atoms. The number of rotatable bonds is 2.